The number of para-hydroxylation sites is 1. The summed E-state index contributed by atoms with van der Waals surface area (Å²) in [5.41, 5.74) is 1.42. The van der Waals surface area contributed by atoms with Crippen molar-refractivity contribution in [3.05, 3.63) is 65.2 Å². The summed E-state index contributed by atoms with van der Waals surface area (Å²) >= 11 is 0. The van der Waals surface area contributed by atoms with E-state index >= 15 is 0 Å². The Labute approximate surface area is 179 Å². The SMILES string of the molecule is CC(=O)Oc1ccccc1C(=O)O[C@H]1CO[C@H]2[C@@H]1OC[C@H]2OC(=O)c1ccccc1C. The summed E-state index contributed by atoms with van der Waals surface area (Å²) in [7, 11) is 0. The Morgan fingerprint density at radius 1 is 0.806 bits per heavy atom. The van der Waals surface area contributed by atoms with E-state index in [9.17, 15) is 14.4 Å². The predicted molar refractivity (Wildman–Crippen MR) is 107 cm³/mol. The van der Waals surface area contributed by atoms with Gasteiger partial charge in [0, 0.05) is 6.92 Å². The normalized spacial score (nSPS) is 24.3. The standard InChI is InChI=1S/C23H22O8/c1-13-7-3-4-8-15(13)22(25)30-18-11-27-21-19(12-28-20(18)21)31-23(26)16-9-5-6-10-17(16)29-14(2)24/h3-10,18-21H,11-12H2,1-2H3/t18-,19+,20-,21-/m1/s1. The summed E-state index contributed by atoms with van der Waals surface area (Å²) < 4.78 is 27.7. The van der Waals surface area contributed by atoms with E-state index in [1.54, 1.807) is 24.3 Å². The number of esters is 3. The van der Waals surface area contributed by atoms with Gasteiger partial charge in [-0.1, -0.05) is 30.3 Å². The molecular formula is C23H22O8. The van der Waals surface area contributed by atoms with Gasteiger partial charge in [-0.25, -0.2) is 9.59 Å². The molecule has 2 aromatic rings. The molecule has 0 aliphatic carbocycles. The van der Waals surface area contributed by atoms with Gasteiger partial charge in [0.1, 0.15) is 23.5 Å². The number of ether oxygens (including phenoxy) is 5. The molecule has 162 valence electrons. The van der Waals surface area contributed by atoms with Crippen LogP contribution in [0.2, 0.25) is 0 Å². The Hall–Kier alpha value is -3.23. The van der Waals surface area contributed by atoms with Crippen LogP contribution < -0.4 is 4.74 Å². The highest BCUT2D eigenvalue weighted by Gasteiger charge is 2.51. The molecule has 2 aromatic carbocycles. The molecule has 2 aliphatic rings. The van der Waals surface area contributed by atoms with E-state index in [1.807, 2.05) is 19.1 Å². The minimum Gasteiger partial charge on any atom is -0.453 e. The first-order valence-electron chi connectivity index (χ1n) is 9.92. The minimum absolute atomic E-state index is 0.106. The quantitative estimate of drug-likeness (QED) is 0.531. The number of aryl methyl sites for hydroxylation is 1. The van der Waals surface area contributed by atoms with Crippen molar-refractivity contribution in [3.8, 4) is 5.75 Å². The van der Waals surface area contributed by atoms with Crippen LogP contribution in [-0.2, 0) is 23.7 Å². The maximum Gasteiger partial charge on any atom is 0.342 e. The van der Waals surface area contributed by atoms with Crippen LogP contribution >= 0.6 is 0 Å². The van der Waals surface area contributed by atoms with Crippen LogP contribution in [0.15, 0.2) is 48.5 Å². The van der Waals surface area contributed by atoms with E-state index in [0.29, 0.717) is 5.56 Å². The first kappa shape index (κ1) is 21.0. The van der Waals surface area contributed by atoms with Gasteiger partial charge in [0.2, 0.25) is 0 Å². The van der Waals surface area contributed by atoms with Crippen LogP contribution in [0.4, 0.5) is 0 Å². The van der Waals surface area contributed by atoms with Gasteiger partial charge in [-0.05, 0) is 30.7 Å². The molecule has 0 bridgehead atoms. The third-order valence-electron chi connectivity index (χ3n) is 5.21. The Morgan fingerprint density at radius 3 is 1.90 bits per heavy atom. The third kappa shape index (κ3) is 4.45. The van der Waals surface area contributed by atoms with Crippen molar-refractivity contribution in [3.63, 3.8) is 0 Å². The summed E-state index contributed by atoms with van der Waals surface area (Å²) in [6.07, 6.45) is -2.37. The summed E-state index contributed by atoms with van der Waals surface area (Å²) in [4.78, 5) is 36.5. The lowest BCUT2D eigenvalue weighted by atomic mass is 10.1. The van der Waals surface area contributed by atoms with E-state index in [-0.39, 0.29) is 24.5 Å². The second-order valence-corrected chi connectivity index (χ2v) is 7.39. The molecule has 2 saturated heterocycles. The highest BCUT2D eigenvalue weighted by atomic mass is 16.7. The van der Waals surface area contributed by atoms with Crippen LogP contribution in [-0.4, -0.2) is 55.5 Å². The van der Waals surface area contributed by atoms with Crippen molar-refractivity contribution in [2.24, 2.45) is 0 Å². The number of rotatable bonds is 5. The van der Waals surface area contributed by atoms with E-state index in [1.165, 1.54) is 19.1 Å². The fourth-order valence-corrected chi connectivity index (χ4v) is 3.71. The number of benzene rings is 2. The molecule has 2 fully saturated rings. The zero-order valence-corrected chi connectivity index (χ0v) is 17.1. The number of fused-ring (bicyclic) bond motifs is 1. The zero-order chi connectivity index (χ0) is 22.0. The highest BCUT2D eigenvalue weighted by Crippen LogP contribution is 2.32. The van der Waals surface area contributed by atoms with Crippen LogP contribution in [0.25, 0.3) is 0 Å². The van der Waals surface area contributed by atoms with Gasteiger partial charge in [-0.15, -0.1) is 0 Å². The smallest absolute Gasteiger partial charge is 0.342 e. The fourth-order valence-electron chi connectivity index (χ4n) is 3.71. The molecule has 0 unspecified atom stereocenters. The minimum atomic E-state index is -0.676. The van der Waals surface area contributed by atoms with Gasteiger partial charge in [0.05, 0.1) is 18.8 Å². The molecule has 8 nitrogen and oxygen atoms in total. The molecule has 2 heterocycles. The monoisotopic (exact) mass is 426 g/mol. The van der Waals surface area contributed by atoms with Crippen molar-refractivity contribution in [1.29, 1.82) is 0 Å². The molecular weight excluding hydrogens is 404 g/mol. The molecule has 2 aliphatic heterocycles. The van der Waals surface area contributed by atoms with Gasteiger partial charge < -0.3 is 23.7 Å². The second kappa shape index (κ2) is 8.87. The topological polar surface area (TPSA) is 97.4 Å². The number of hydrogen-bond acceptors (Lipinski definition) is 8. The van der Waals surface area contributed by atoms with Gasteiger partial charge in [0.25, 0.3) is 0 Å². The van der Waals surface area contributed by atoms with Crippen LogP contribution in [0, 0.1) is 6.92 Å². The van der Waals surface area contributed by atoms with Crippen LogP contribution in [0.5, 0.6) is 5.75 Å². The van der Waals surface area contributed by atoms with Crippen LogP contribution in [0.3, 0.4) is 0 Å². The lowest BCUT2D eigenvalue weighted by Crippen LogP contribution is -2.36. The van der Waals surface area contributed by atoms with Crippen molar-refractivity contribution >= 4 is 17.9 Å². The zero-order valence-electron chi connectivity index (χ0n) is 17.1. The highest BCUT2D eigenvalue weighted by molar-refractivity contribution is 5.93. The average molecular weight is 426 g/mol. The van der Waals surface area contributed by atoms with Gasteiger partial charge in [0.15, 0.2) is 12.2 Å². The largest absolute Gasteiger partial charge is 0.453 e. The molecule has 0 N–H and O–H groups in total. The van der Waals surface area contributed by atoms with E-state index < -0.39 is 42.3 Å². The van der Waals surface area contributed by atoms with Gasteiger partial charge in [-0.2, -0.15) is 0 Å². The van der Waals surface area contributed by atoms with Crippen molar-refractivity contribution in [2.75, 3.05) is 13.2 Å². The Morgan fingerprint density at radius 2 is 1.32 bits per heavy atom. The van der Waals surface area contributed by atoms with E-state index in [4.69, 9.17) is 23.7 Å². The van der Waals surface area contributed by atoms with Crippen LogP contribution in [0.1, 0.15) is 33.2 Å². The predicted octanol–water partition coefficient (Wildman–Crippen LogP) is 2.47. The summed E-state index contributed by atoms with van der Waals surface area (Å²) in [6.45, 7) is 3.34. The molecule has 0 aromatic heterocycles. The first-order valence-corrected chi connectivity index (χ1v) is 9.92. The Balaban J connectivity index is 1.40. The third-order valence-corrected chi connectivity index (χ3v) is 5.21. The molecule has 4 rings (SSSR count). The van der Waals surface area contributed by atoms with Gasteiger partial charge >= 0.3 is 17.9 Å². The summed E-state index contributed by atoms with van der Waals surface area (Å²) in [6, 6.07) is 13.5. The van der Waals surface area contributed by atoms with Crippen molar-refractivity contribution in [1.82, 2.24) is 0 Å². The Bertz CT molecular complexity index is 1000. The summed E-state index contributed by atoms with van der Waals surface area (Å²) in [5, 5.41) is 0. The summed E-state index contributed by atoms with van der Waals surface area (Å²) in [5.74, 6) is -1.53. The lowest BCUT2D eigenvalue weighted by Gasteiger charge is -2.18. The molecule has 0 saturated carbocycles. The van der Waals surface area contributed by atoms with Crippen molar-refractivity contribution in [2.45, 2.75) is 38.3 Å². The van der Waals surface area contributed by atoms with Gasteiger partial charge in [-0.3, -0.25) is 4.79 Å². The molecule has 0 amide bonds. The first-order chi connectivity index (χ1) is 14.9. The lowest BCUT2D eigenvalue weighted by molar-refractivity contribution is -0.131. The number of carbonyl (C=O) groups excluding carboxylic acids is 3. The molecule has 8 heteroatoms. The maximum atomic E-state index is 12.7. The fraction of sp³-hybridized carbons (Fsp3) is 0.348. The van der Waals surface area contributed by atoms with E-state index in [0.717, 1.165) is 5.56 Å². The maximum absolute atomic E-state index is 12.7. The number of carbonyl (C=O) groups is 3. The molecule has 31 heavy (non-hydrogen) atoms. The second-order valence-electron chi connectivity index (χ2n) is 7.39. The van der Waals surface area contributed by atoms with E-state index in [2.05, 4.69) is 0 Å². The number of hydrogen-bond donors (Lipinski definition) is 0. The van der Waals surface area contributed by atoms with Crippen molar-refractivity contribution < 1.29 is 38.1 Å². The average Bonchev–Trinajstić information content (AvgIpc) is 3.31. The molecule has 0 spiro atoms. The molecule has 0 radical (unpaired) electrons. The Kier molecular flexibility index (Phi) is 6.01. The molecule has 4 atom stereocenters.